The SMILES string of the molecule is Cn1cc(CS(=O)c2nc3ccc(N)cc3s2)nn1. The van der Waals surface area contributed by atoms with E-state index >= 15 is 0 Å². The fraction of sp³-hybridized carbons (Fsp3) is 0.182. The Morgan fingerprint density at radius 1 is 1.47 bits per heavy atom. The number of hydrogen-bond donors (Lipinski definition) is 1. The molecule has 1 atom stereocenters. The molecule has 0 saturated carbocycles. The second-order valence-corrected chi connectivity index (χ2v) is 6.74. The van der Waals surface area contributed by atoms with Gasteiger partial charge in [-0.1, -0.05) is 5.21 Å². The van der Waals surface area contributed by atoms with E-state index in [0.717, 1.165) is 10.2 Å². The van der Waals surface area contributed by atoms with Crippen molar-refractivity contribution in [2.45, 2.75) is 10.1 Å². The molecule has 0 spiro atoms. The number of benzene rings is 1. The van der Waals surface area contributed by atoms with Gasteiger partial charge >= 0.3 is 0 Å². The highest BCUT2D eigenvalue weighted by Crippen LogP contribution is 2.27. The number of aromatic nitrogens is 4. The van der Waals surface area contributed by atoms with Crippen molar-refractivity contribution in [1.82, 2.24) is 20.0 Å². The molecule has 8 heteroatoms. The van der Waals surface area contributed by atoms with Crippen molar-refractivity contribution in [2.24, 2.45) is 7.05 Å². The van der Waals surface area contributed by atoms with Crippen molar-refractivity contribution < 1.29 is 4.21 Å². The van der Waals surface area contributed by atoms with Crippen molar-refractivity contribution in [3.63, 3.8) is 0 Å². The molecule has 3 rings (SSSR count). The Bertz CT molecular complexity index is 763. The van der Waals surface area contributed by atoms with Crippen LogP contribution in [0.4, 0.5) is 5.69 Å². The van der Waals surface area contributed by atoms with Crippen LogP contribution in [0.1, 0.15) is 5.69 Å². The summed E-state index contributed by atoms with van der Waals surface area (Å²) in [7, 11) is 0.568. The van der Waals surface area contributed by atoms with Crippen LogP contribution in [0.15, 0.2) is 28.7 Å². The van der Waals surface area contributed by atoms with E-state index < -0.39 is 10.8 Å². The van der Waals surface area contributed by atoms with Crippen molar-refractivity contribution in [3.05, 3.63) is 30.1 Å². The van der Waals surface area contributed by atoms with Crippen LogP contribution in [-0.2, 0) is 23.6 Å². The van der Waals surface area contributed by atoms with Gasteiger partial charge in [0.15, 0.2) is 4.34 Å². The topological polar surface area (TPSA) is 86.7 Å². The minimum absolute atomic E-state index is 0.323. The lowest BCUT2D eigenvalue weighted by atomic mass is 10.3. The summed E-state index contributed by atoms with van der Waals surface area (Å²) in [5.41, 5.74) is 7.92. The van der Waals surface area contributed by atoms with Gasteiger partial charge in [0.1, 0.15) is 0 Å². The van der Waals surface area contributed by atoms with Crippen molar-refractivity contribution >= 4 is 38.0 Å². The molecule has 6 nitrogen and oxygen atoms in total. The molecule has 0 fully saturated rings. The Hall–Kier alpha value is -1.80. The molecular formula is C11H11N5OS2. The van der Waals surface area contributed by atoms with E-state index in [2.05, 4.69) is 15.3 Å². The highest BCUT2D eigenvalue weighted by atomic mass is 32.2. The summed E-state index contributed by atoms with van der Waals surface area (Å²) in [6, 6.07) is 5.47. The van der Waals surface area contributed by atoms with Crippen molar-refractivity contribution in [1.29, 1.82) is 0 Å². The van der Waals surface area contributed by atoms with Crippen LogP contribution in [0.25, 0.3) is 10.2 Å². The van der Waals surface area contributed by atoms with Crippen LogP contribution in [0, 0.1) is 0 Å². The lowest BCUT2D eigenvalue weighted by molar-refractivity contribution is 0.681. The molecule has 0 radical (unpaired) electrons. The molecule has 1 aromatic carbocycles. The van der Waals surface area contributed by atoms with E-state index in [1.807, 2.05) is 12.1 Å². The minimum atomic E-state index is -1.21. The van der Waals surface area contributed by atoms with Crippen LogP contribution in [-0.4, -0.2) is 24.2 Å². The zero-order valence-electron chi connectivity index (χ0n) is 10.1. The molecule has 2 aromatic heterocycles. The summed E-state index contributed by atoms with van der Waals surface area (Å²) in [6.45, 7) is 0. The van der Waals surface area contributed by atoms with Gasteiger partial charge in [0.05, 0.1) is 32.5 Å². The molecular weight excluding hydrogens is 282 g/mol. The Balaban J connectivity index is 1.89. The maximum absolute atomic E-state index is 12.2. The lowest BCUT2D eigenvalue weighted by Crippen LogP contribution is -1.96. The van der Waals surface area contributed by atoms with Gasteiger partial charge < -0.3 is 5.73 Å². The molecule has 2 N–H and O–H groups in total. The first-order valence-electron chi connectivity index (χ1n) is 5.51. The van der Waals surface area contributed by atoms with Crippen LogP contribution >= 0.6 is 11.3 Å². The molecule has 98 valence electrons. The number of hydrogen-bond acceptors (Lipinski definition) is 6. The molecule has 1 unspecified atom stereocenters. The van der Waals surface area contributed by atoms with Gasteiger partial charge in [-0.05, 0) is 18.2 Å². The summed E-state index contributed by atoms with van der Waals surface area (Å²) < 4.78 is 15.4. The van der Waals surface area contributed by atoms with E-state index in [9.17, 15) is 4.21 Å². The molecule has 19 heavy (non-hydrogen) atoms. The zero-order valence-corrected chi connectivity index (χ0v) is 11.7. The molecule has 2 heterocycles. The zero-order chi connectivity index (χ0) is 13.4. The van der Waals surface area contributed by atoms with Crippen LogP contribution in [0.2, 0.25) is 0 Å². The standard InChI is InChI=1S/C11H11N5OS2/c1-16-5-8(14-15-16)6-19(17)11-13-9-3-2-7(12)4-10(9)18-11/h2-5H,6,12H2,1H3. The second-order valence-electron chi connectivity index (χ2n) is 4.08. The van der Waals surface area contributed by atoms with E-state index in [0.29, 0.717) is 21.5 Å². The number of nitrogen functional groups attached to an aromatic ring is 1. The Kier molecular flexibility index (Phi) is 3.03. The predicted octanol–water partition coefficient (Wildman–Crippen LogP) is 1.31. The summed E-state index contributed by atoms with van der Waals surface area (Å²) >= 11 is 1.40. The number of nitrogens with two attached hydrogens (primary N) is 1. The van der Waals surface area contributed by atoms with E-state index in [1.54, 1.807) is 24.0 Å². The molecule has 0 aliphatic carbocycles. The first-order valence-corrected chi connectivity index (χ1v) is 7.65. The van der Waals surface area contributed by atoms with Crippen LogP contribution in [0.5, 0.6) is 0 Å². The molecule has 0 bridgehead atoms. The van der Waals surface area contributed by atoms with Crippen LogP contribution in [0.3, 0.4) is 0 Å². The maximum Gasteiger partial charge on any atom is 0.182 e. The maximum atomic E-state index is 12.2. The third kappa shape index (κ3) is 2.49. The number of nitrogens with zero attached hydrogens (tertiary/aromatic N) is 4. The van der Waals surface area contributed by atoms with Crippen molar-refractivity contribution in [3.8, 4) is 0 Å². The average Bonchev–Trinajstić information content (AvgIpc) is 2.95. The molecule has 3 aromatic rings. The van der Waals surface area contributed by atoms with E-state index in [-0.39, 0.29) is 0 Å². The fourth-order valence-corrected chi connectivity index (χ4v) is 3.96. The van der Waals surface area contributed by atoms with Gasteiger partial charge in [-0.25, -0.2) is 4.98 Å². The summed E-state index contributed by atoms with van der Waals surface area (Å²) in [5.74, 6) is 0.323. The smallest absolute Gasteiger partial charge is 0.182 e. The minimum Gasteiger partial charge on any atom is -0.399 e. The van der Waals surface area contributed by atoms with E-state index in [4.69, 9.17) is 5.73 Å². The molecule has 0 amide bonds. The quantitative estimate of drug-likeness (QED) is 0.736. The van der Waals surface area contributed by atoms with Gasteiger partial charge in [-0.15, -0.1) is 16.4 Å². The molecule has 0 aliphatic rings. The fourth-order valence-electron chi connectivity index (χ4n) is 1.67. The number of anilines is 1. The molecule has 0 saturated heterocycles. The normalized spacial score (nSPS) is 12.9. The van der Waals surface area contributed by atoms with Gasteiger partial charge in [0, 0.05) is 18.9 Å². The van der Waals surface area contributed by atoms with Gasteiger partial charge in [-0.3, -0.25) is 8.89 Å². The lowest BCUT2D eigenvalue weighted by Gasteiger charge is -1.92. The second kappa shape index (κ2) is 4.71. The number of fused-ring (bicyclic) bond motifs is 1. The van der Waals surface area contributed by atoms with Gasteiger partial charge in [-0.2, -0.15) is 0 Å². The predicted molar refractivity (Wildman–Crippen MR) is 75.1 cm³/mol. The average molecular weight is 293 g/mol. The summed E-state index contributed by atoms with van der Waals surface area (Å²) in [4.78, 5) is 4.36. The largest absolute Gasteiger partial charge is 0.399 e. The Labute approximate surface area is 115 Å². The van der Waals surface area contributed by atoms with Gasteiger partial charge in [0.2, 0.25) is 0 Å². The van der Waals surface area contributed by atoms with Crippen molar-refractivity contribution in [2.75, 3.05) is 5.73 Å². The summed E-state index contributed by atoms with van der Waals surface area (Å²) in [5, 5.41) is 7.74. The first-order chi connectivity index (χ1) is 9.11. The third-order valence-electron chi connectivity index (χ3n) is 2.52. The summed E-state index contributed by atoms with van der Waals surface area (Å²) in [6.07, 6.45) is 1.75. The highest BCUT2D eigenvalue weighted by molar-refractivity contribution is 7.86. The van der Waals surface area contributed by atoms with Crippen LogP contribution < -0.4 is 5.73 Å². The monoisotopic (exact) mass is 293 g/mol. The number of aryl methyl sites for hydroxylation is 1. The number of thiazole rings is 1. The first kappa shape index (κ1) is 12.2. The van der Waals surface area contributed by atoms with E-state index in [1.165, 1.54) is 11.3 Å². The Morgan fingerprint density at radius 2 is 2.32 bits per heavy atom. The molecule has 0 aliphatic heterocycles. The van der Waals surface area contributed by atoms with Gasteiger partial charge in [0.25, 0.3) is 0 Å². The highest BCUT2D eigenvalue weighted by Gasteiger charge is 2.13. The number of rotatable bonds is 3. The third-order valence-corrected chi connectivity index (χ3v) is 5.18. The Morgan fingerprint density at radius 3 is 3.05 bits per heavy atom.